The third-order valence-electron chi connectivity index (χ3n) is 4.98. The van der Waals surface area contributed by atoms with E-state index < -0.39 is 0 Å². The summed E-state index contributed by atoms with van der Waals surface area (Å²) in [6.45, 7) is 5.68. The lowest BCUT2D eigenvalue weighted by atomic mass is 10.0. The molecule has 1 aliphatic rings. The Kier molecular flexibility index (Phi) is 6.69. The van der Waals surface area contributed by atoms with Crippen molar-refractivity contribution in [3.05, 3.63) is 51.9 Å². The zero-order valence-electron chi connectivity index (χ0n) is 15.3. The minimum Gasteiger partial charge on any atom is -0.352 e. The van der Waals surface area contributed by atoms with Gasteiger partial charge in [0.05, 0.1) is 5.69 Å². The molecule has 140 valence electrons. The summed E-state index contributed by atoms with van der Waals surface area (Å²) in [4.78, 5) is 14.7. The Morgan fingerprint density at radius 1 is 1.23 bits per heavy atom. The van der Waals surface area contributed by atoms with E-state index in [4.69, 9.17) is 16.1 Å². The van der Waals surface area contributed by atoms with Gasteiger partial charge in [-0.1, -0.05) is 35.8 Å². The Hall–Kier alpha value is -1.85. The van der Waals surface area contributed by atoms with Gasteiger partial charge in [0.25, 0.3) is 0 Å². The Labute approximate surface area is 159 Å². The maximum Gasteiger partial charge on any atom is 0.229 e. The van der Waals surface area contributed by atoms with Gasteiger partial charge in [-0.3, -0.25) is 9.69 Å². The number of aromatic nitrogens is 1. The number of carbonyl (C=O) groups is 1. The van der Waals surface area contributed by atoms with Crippen LogP contribution in [0.5, 0.6) is 0 Å². The highest BCUT2D eigenvalue weighted by atomic mass is 35.5. The van der Waals surface area contributed by atoms with Crippen LogP contribution in [0.2, 0.25) is 5.22 Å². The van der Waals surface area contributed by atoms with Crippen LogP contribution in [0.1, 0.15) is 48.1 Å². The lowest BCUT2D eigenvalue weighted by Gasteiger charge is -2.27. The molecule has 26 heavy (non-hydrogen) atoms. The molecule has 6 heteroatoms. The number of likely N-dealkylation sites (tertiary alicyclic amines) is 1. The van der Waals surface area contributed by atoms with E-state index in [-0.39, 0.29) is 11.1 Å². The zero-order valence-corrected chi connectivity index (χ0v) is 16.0. The van der Waals surface area contributed by atoms with Crippen LogP contribution in [-0.2, 0) is 24.3 Å². The number of hydrogen-bond acceptors (Lipinski definition) is 4. The van der Waals surface area contributed by atoms with Crippen molar-refractivity contribution < 1.29 is 9.32 Å². The average molecular weight is 376 g/mol. The van der Waals surface area contributed by atoms with E-state index in [2.05, 4.69) is 33.6 Å². The van der Waals surface area contributed by atoms with Crippen molar-refractivity contribution in [1.29, 1.82) is 0 Å². The number of halogens is 1. The van der Waals surface area contributed by atoms with Crippen LogP contribution in [0.25, 0.3) is 0 Å². The summed E-state index contributed by atoms with van der Waals surface area (Å²) in [7, 11) is 0. The zero-order chi connectivity index (χ0) is 18.4. The van der Waals surface area contributed by atoms with E-state index in [1.807, 2.05) is 13.0 Å². The molecule has 3 rings (SSSR count). The smallest absolute Gasteiger partial charge is 0.229 e. The average Bonchev–Trinajstić information content (AvgIpc) is 2.98. The summed E-state index contributed by atoms with van der Waals surface area (Å²) in [6.07, 6.45) is 4.81. The van der Waals surface area contributed by atoms with Crippen molar-refractivity contribution in [2.75, 3.05) is 13.1 Å². The second-order valence-corrected chi connectivity index (χ2v) is 7.25. The molecule has 1 amide bonds. The van der Waals surface area contributed by atoms with Crippen molar-refractivity contribution in [3.63, 3.8) is 0 Å². The molecule has 2 aromatic rings. The van der Waals surface area contributed by atoms with Gasteiger partial charge in [-0.25, -0.2) is 0 Å². The minimum absolute atomic E-state index is 0.00874. The Morgan fingerprint density at radius 3 is 2.65 bits per heavy atom. The summed E-state index contributed by atoms with van der Waals surface area (Å²) in [5, 5.41) is 7.12. The standard InChI is InChI=1S/C20H26ClN3O2/c1-15-18(20(21)26-23-15)9-10-19(25)22-13-16-7-3-4-8-17(16)14-24-11-5-2-6-12-24/h3-4,7-8H,2,5-6,9-14H2,1H3,(H,22,25). The fourth-order valence-corrected chi connectivity index (χ4v) is 3.67. The third kappa shape index (κ3) is 5.08. The van der Waals surface area contributed by atoms with Crippen LogP contribution < -0.4 is 5.32 Å². The molecule has 0 radical (unpaired) electrons. The first kappa shape index (κ1) is 18.9. The Morgan fingerprint density at radius 2 is 1.96 bits per heavy atom. The van der Waals surface area contributed by atoms with E-state index in [1.165, 1.54) is 43.5 Å². The quantitative estimate of drug-likeness (QED) is 0.798. The second-order valence-electron chi connectivity index (χ2n) is 6.90. The van der Waals surface area contributed by atoms with Crippen LogP contribution in [0.15, 0.2) is 28.8 Å². The molecule has 1 aromatic carbocycles. The predicted octanol–water partition coefficient (Wildman–Crippen LogP) is 3.87. The van der Waals surface area contributed by atoms with E-state index >= 15 is 0 Å². The van der Waals surface area contributed by atoms with Crippen molar-refractivity contribution in [1.82, 2.24) is 15.4 Å². The predicted molar refractivity (Wildman–Crippen MR) is 102 cm³/mol. The number of hydrogen-bond donors (Lipinski definition) is 1. The third-order valence-corrected chi connectivity index (χ3v) is 5.27. The van der Waals surface area contributed by atoms with E-state index in [9.17, 15) is 4.79 Å². The van der Waals surface area contributed by atoms with Gasteiger partial charge in [0.15, 0.2) is 0 Å². The summed E-state index contributed by atoms with van der Waals surface area (Å²) < 4.78 is 4.92. The van der Waals surface area contributed by atoms with Gasteiger partial charge < -0.3 is 9.84 Å². The number of nitrogens with zero attached hydrogens (tertiary/aromatic N) is 2. The Bertz CT molecular complexity index is 719. The molecular formula is C20H26ClN3O2. The number of aryl methyl sites for hydroxylation is 1. The number of nitrogens with one attached hydrogen (secondary N) is 1. The summed E-state index contributed by atoms with van der Waals surface area (Å²) in [5.41, 5.74) is 4.04. The highest BCUT2D eigenvalue weighted by Gasteiger charge is 2.14. The van der Waals surface area contributed by atoms with Crippen molar-refractivity contribution in [3.8, 4) is 0 Å². The highest BCUT2D eigenvalue weighted by Crippen LogP contribution is 2.20. The molecule has 0 unspecified atom stereocenters. The number of piperidine rings is 1. The summed E-state index contributed by atoms with van der Waals surface area (Å²) in [5.74, 6) is 0.00874. The first-order valence-electron chi connectivity index (χ1n) is 9.30. The first-order valence-corrected chi connectivity index (χ1v) is 9.68. The summed E-state index contributed by atoms with van der Waals surface area (Å²) in [6, 6.07) is 8.36. The van der Waals surface area contributed by atoms with Crippen LogP contribution in [0.4, 0.5) is 0 Å². The minimum atomic E-state index is 0.00874. The monoisotopic (exact) mass is 375 g/mol. The van der Waals surface area contributed by atoms with Crippen molar-refractivity contribution in [2.24, 2.45) is 0 Å². The van der Waals surface area contributed by atoms with Gasteiger partial charge in [-0.15, -0.1) is 0 Å². The number of rotatable bonds is 7. The molecule has 0 spiro atoms. The maximum absolute atomic E-state index is 12.2. The maximum atomic E-state index is 12.2. The largest absolute Gasteiger partial charge is 0.352 e. The molecule has 1 aromatic heterocycles. The second kappa shape index (κ2) is 9.19. The van der Waals surface area contributed by atoms with Crippen LogP contribution in [0, 0.1) is 6.92 Å². The van der Waals surface area contributed by atoms with Crippen molar-refractivity contribution in [2.45, 2.75) is 52.1 Å². The van der Waals surface area contributed by atoms with Gasteiger partial charge in [0.1, 0.15) is 0 Å². The number of benzene rings is 1. The lowest BCUT2D eigenvalue weighted by molar-refractivity contribution is -0.121. The topological polar surface area (TPSA) is 58.4 Å². The molecule has 1 N–H and O–H groups in total. The fraction of sp³-hybridized carbons (Fsp3) is 0.500. The van der Waals surface area contributed by atoms with Gasteiger partial charge in [0, 0.05) is 25.1 Å². The first-order chi connectivity index (χ1) is 12.6. The van der Waals surface area contributed by atoms with E-state index in [0.29, 0.717) is 19.4 Å². The molecule has 0 atom stereocenters. The molecule has 0 saturated carbocycles. The van der Waals surface area contributed by atoms with Gasteiger partial charge >= 0.3 is 0 Å². The van der Waals surface area contributed by atoms with Gasteiger partial charge in [-0.05, 0) is 62.0 Å². The normalized spacial score (nSPS) is 15.2. The molecule has 1 fully saturated rings. The van der Waals surface area contributed by atoms with Crippen molar-refractivity contribution >= 4 is 17.5 Å². The van der Waals surface area contributed by atoms with E-state index in [0.717, 1.165) is 17.8 Å². The molecule has 1 aliphatic heterocycles. The molecule has 2 heterocycles. The Balaban J connectivity index is 1.51. The van der Waals surface area contributed by atoms with Gasteiger partial charge in [0.2, 0.25) is 11.1 Å². The number of carbonyl (C=O) groups excluding carboxylic acids is 1. The fourth-order valence-electron chi connectivity index (χ4n) is 3.40. The SMILES string of the molecule is Cc1noc(Cl)c1CCC(=O)NCc1ccccc1CN1CCCCC1. The van der Waals surface area contributed by atoms with Crippen LogP contribution in [-0.4, -0.2) is 29.1 Å². The molecular weight excluding hydrogens is 350 g/mol. The lowest BCUT2D eigenvalue weighted by Crippen LogP contribution is -2.30. The molecule has 0 bridgehead atoms. The van der Waals surface area contributed by atoms with E-state index in [1.54, 1.807) is 0 Å². The van der Waals surface area contributed by atoms with Gasteiger partial charge in [-0.2, -0.15) is 0 Å². The van der Waals surface area contributed by atoms with Crippen LogP contribution >= 0.6 is 11.6 Å². The molecule has 5 nitrogen and oxygen atoms in total. The molecule has 0 aliphatic carbocycles. The van der Waals surface area contributed by atoms with Crippen LogP contribution in [0.3, 0.4) is 0 Å². The highest BCUT2D eigenvalue weighted by molar-refractivity contribution is 6.29. The molecule has 1 saturated heterocycles. The summed E-state index contributed by atoms with van der Waals surface area (Å²) >= 11 is 5.95. The number of amides is 1.